The SMILES string of the molecule is C=C(/C=C\C=C/C)[C@@H](CNC)NC(C)C. The predicted molar refractivity (Wildman–Crippen MR) is 69.1 cm³/mol. The van der Waals surface area contributed by atoms with Crippen molar-refractivity contribution in [1.82, 2.24) is 10.6 Å². The third kappa shape index (κ3) is 7.11. The zero-order valence-corrected chi connectivity index (χ0v) is 10.4. The van der Waals surface area contributed by atoms with Gasteiger partial charge in [-0.25, -0.2) is 0 Å². The molecular weight excluding hydrogens is 184 g/mol. The first-order valence-electron chi connectivity index (χ1n) is 5.50. The second-order valence-corrected chi connectivity index (χ2v) is 3.89. The molecule has 0 spiro atoms. The molecule has 0 unspecified atom stereocenters. The lowest BCUT2D eigenvalue weighted by Gasteiger charge is -2.21. The van der Waals surface area contributed by atoms with Gasteiger partial charge < -0.3 is 10.6 Å². The maximum Gasteiger partial charge on any atom is 0.0442 e. The van der Waals surface area contributed by atoms with E-state index in [-0.39, 0.29) is 0 Å². The average molecular weight is 208 g/mol. The van der Waals surface area contributed by atoms with Crippen molar-refractivity contribution in [2.45, 2.75) is 32.9 Å². The fraction of sp³-hybridized carbons (Fsp3) is 0.538. The predicted octanol–water partition coefficient (Wildman–Crippen LogP) is 2.26. The van der Waals surface area contributed by atoms with Crippen LogP contribution in [-0.2, 0) is 0 Å². The van der Waals surface area contributed by atoms with Crippen molar-refractivity contribution >= 4 is 0 Å². The molecule has 0 aliphatic heterocycles. The van der Waals surface area contributed by atoms with Gasteiger partial charge in [0.1, 0.15) is 0 Å². The summed E-state index contributed by atoms with van der Waals surface area (Å²) in [7, 11) is 1.96. The lowest BCUT2D eigenvalue weighted by molar-refractivity contribution is 0.496. The van der Waals surface area contributed by atoms with Crippen LogP contribution in [-0.4, -0.2) is 25.7 Å². The molecule has 0 aromatic rings. The summed E-state index contributed by atoms with van der Waals surface area (Å²) in [6, 6.07) is 0.770. The fourth-order valence-electron chi connectivity index (χ4n) is 1.31. The van der Waals surface area contributed by atoms with E-state index in [1.807, 2.05) is 32.2 Å². The van der Waals surface area contributed by atoms with E-state index in [0.29, 0.717) is 12.1 Å². The van der Waals surface area contributed by atoms with Crippen molar-refractivity contribution in [3.05, 3.63) is 36.5 Å². The van der Waals surface area contributed by atoms with Gasteiger partial charge in [-0.15, -0.1) is 0 Å². The molecular formula is C13H24N2. The van der Waals surface area contributed by atoms with Gasteiger partial charge in [-0.1, -0.05) is 44.7 Å². The standard InChI is InChI=1S/C13H24N2/c1-6-7-8-9-12(4)13(10-14-5)15-11(2)3/h6-9,11,13-15H,4,10H2,1-3,5H3/b7-6-,9-8-/t13-/m1/s1. The first-order valence-corrected chi connectivity index (χ1v) is 5.50. The second kappa shape index (κ2) is 8.45. The van der Waals surface area contributed by atoms with Crippen molar-refractivity contribution in [1.29, 1.82) is 0 Å². The highest BCUT2D eigenvalue weighted by atomic mass is 15.0. The third-order valence-corrected chi connectivity index (χ3v) is 2.00. The molecule has 0 saturated heterocycles. The van der Waals surface area contributed by atoms with Gasteiger partial charge in [-0.3, -0.25) is 0 Å². The van der Waals surface area contributed by atoms with E-state index >= 15 is 0 Å². The minimum Gasteiger partial charge on any atom is -0.318 e. The summed E-state index contributed by atoms with van der Waals surface area (Å²) in [5, 5.41) is 6.64. The number of hydrogen-bond acceptors (Lipinski definition) is 2. The highest BCUT2D eigenvalue weighted by Gasteiger charge is 2.09. The normalized spacial score (nSPS) is 14.2. The Balaban J connectivity index is 4.27. The van der Waals surface area contributed by atoms with E-state index in [0.717, 1.165) is 12.1 Å². The van der Waals surface area contributed by atoms with Gasteiger partial charge in [0.05, 0.1) is 0 Å². The smallest absolute Gasteiger partial charge is 0.0442 e. The molecule has 1 atom stereocenters. The molecule has 0 heterocycles. The Morgan fingerprint density at radius 1 is 1.33 bits per heavy atom. The van der Waals surface area contributed by atoms with E-state index in [1.165, 1.54) is 0 Å². The third-order valence-electron chi connectivity index (χ3n) is 2.00. The van der Waals surface area contributed by atoms with E-state index < -0.39 is 0 Å². The highest BCUT2D eigenvalue weighted by molar-refractivity contribution is 5.24. The molecule has 0 aliphatic carbocycles. The zero-order chi connectivity index (χ0) is 11.7. The fourth-order valence-corrected chi connectivity index (χ4v) is 1.31. The van der Waals surface area contributed by atoms with Crippen LogP contribution in [0.2, 0.25) is 0 Å². The quantitative estimate of drug-likeness (QED) is 0.627. The van der Waals surface area contributed by atoms with Crippen molar-refractivity contribution in [3.63, 3.8) is 0 Å². The zero-order valence-electron chi connectivity index (χ0n) is 10.4. The van der Waals surface area contributed by atoms with Crippen molar-refractivity contribution in [3.8, 4) is 0 Å². The molecule has 15 heavy (non-hydrogen) atoms. The topological polar surface area (TPSA) is 24.1 Å². The van der Waals surface area contributed by atoms with Gasteiger partial charge in [0.25, 0.3) is 0 Å². The largest absolute Gasteiger partial charge is 0.318 e. The summed E-state index contributed by atoms with van der Waals surface area (Å²) < 4.78 is 0. The van der Waals surface area contributed by atoms with Gasteiger partial charge in [0.2, 0.25) is 0 Å². The average Bonchev–Trinajstić information content (AvgIpc) is 2.17. The minimum atomic E-state index is 0.302. The Hall–Kier alpha value is -0.860. The Kier molecular flexibility index (Phi) is 7.96. The molecule has 0 aromatic heterocycles. The lowest BCUT2D eigenvalue weighted by Crippen LogP contribution is -2.42. The van der Waals surface area contributed by atoms with Crippen LogP contribution in [0, 0.1) is 0 Å². The molecule has 2 nitrogen and oxygen atoms in total. The van der Waals surface area contributed by atoms with Crippen LogP contribution in [0.15, 0.2) is 36.5 Å². The number of likely N-dealkylation sites (N-methyl/N-ethyl adjacent to an activating group) is 1. The van der Waals surface area contributed by atoms with Gasteiger partial charge in [-0.2, -0.15) is 0 Å². The monoisotopic (exact) mass is 208 g/mol. The van der Waals surface area contributed by atoms with Crippen LogP contribution >= 0.6 is 0 Å². The number of hydrogen-bond donors (Lipinski definition) is 2. The van der Waals surface area contributed by atoms with Gasteiger partial charge in [0, 0.05) is 18.6 Å². The molecule has 0 radical (unpaired) electrons. The van der Waals surface area contributed by atoms with E-state index in [1.54, 1.807) is 0 Å². The van der Waals surface area contributed by atoms with Crippen LogP contribution in [0.3, 0.4) is 0 Å². The Labute approximate surface area is 94.1 Å². The number of rotatable bonds is 7. The Morgan fingerprint density at radius 2 is 2.00 bits per heavy atom. The molecule has 2 N–H and O–H groups in total. The van der Waals surface area contributed by atoms with Gasteiger partial charge >= 0.3 is 0 Å². The molecule has 2 heteroatoms. The molecule has 0 saturated carbocycles. The van der Waals surface area contributed by atoms with Crippen LogP contribution in [0.5, 0.6) is 0 Å². The summed E-state index contributed by atoms with van der Waals surface area (Å²) in [4.78, 5) is 0. The maximum absolute atomic E-state index is 4.08. The molecule has 0 amide bonds. The van der Waals surface area contributed by atoms with E-state index in [2.05, 4.69) is 37.1 Å². The molecule has 86 valence electrons. The van der Waals surface area contributed by atoms with Crippen molar-refractivity contribution in [2.75, 3.05) is 13.6 Å². The van der Waals surface area contributed by atoms with Crippen molar-refractivity contribution < 1.29 is 0 Å². The van der Waals surface area contributed by atoms with Crippen LogP contribution in [0.1, 0.15) is 20.8 Å². The van der Waals surface area contributed by atoms with Crippen LogP contribution in [0.25, 0.3) is 0 Å². The maximum atomic E-state index is 4.08. The number of allylic oxidation sites excluding steroid dienone is 3. The summed E-state index contributed by atoms with van der Waals surface area (Å²) in [6.07, 6.45) is 8.09. The minimum absolute atomic E-state index is 0.302. The summed E-state index contributed by atoms with van der Waals surface area (Å²) in [5.41, 5.74) is 1.11. The van der Waals surface area contributed by atoms with Crippen LogP contribution < -0.4 is 10.6 Å². The first-order chi connectivity index (χ1) is 7.11. The van der Waals surface area contributed by atoms with Crippen LogP contribution in [0.4, 0.5) is 0 Å². The first kappa shape index (κ1) is 14.1. The number of nitrogens with one attached hydrogen (secondary N) is 2. The lowest BCUT2D eigenvalue weighted by atomic mass is 10.1. The molecule has 0 bridgehead atoms. The Morgan fingerprint density at radius 3 is 2.47 bits per heavy atom. The second-order valence-electron chi connectivity index (χ2n) is 3.89. The summed E-state index contributed by atoms with van der Waals surface area (Å²) in [6.45, 7) is 11.3. The summed E-state index contributed by atoms with van der Waals surface area (Å²) in [5.74, 6) is 0. The highest BCUT2D eigenvalue weighted by Crippen LogP contribution is 2.02. The Bertz CT molecular complexity index is 227. The van der Waals surface area contributed by atoms with E-state index in [4.69, 9.17) is 0 Å². The summed E-state index contributed by atoms with van der Waals surface area (Å²) >= 11 is 0. The molecule has 0 fully saturated rings. The van der Waals surface area contributed by atoms with Gasteiger partial charge in [0.15, 0.2) is 0 Å². The van der Waals surface area contributed by atoms with E-state index in [9.17, 15) is 0 Å². The van der Waals surface area contributed by atoms with Crippen molar-refractivity contribution in [2.24, 2.45) is 0 Å². The molecule has 0 rings (SSSR count). The molecule has 0 aliphatic rings. The molecule has 0 aromatic carbocycles. The van der Waals surface area contributed by atoms with Gasteiger partial charge in [-0.05, 0) is 19.5 Å².